The summed E-state index contributed by atoms with van der Waals surface area (Å²) in [6.07, 6.45) is 3.18. The van der Waals surface area contributed by atoms with Gasteiger partial charge in [0.05, 0.1) is 0 Å². The fourth-order valence-corrected chi connectivity index (χ4v) is 2.37. The van der Waals surface area contributed by atoms with Crippen molar-refractivity contribution in [1.82, 2.24) is 4.57 Å². The third-order valence-corrected chi connectivity index (χ3v) is 3.47. The van der Waals surface area contributed by atoms with Crippen LogP contribution in [-0.4, -0.2) is 15.6 Å². The van der Waals surface area contributed by atoms with Crippen LogP contribution in [-0.2, 0) is 11.3 Å². The Morgan fingerprint density at radius 3 is 2.79 bits per heavy atom. The molecule has 0 aliphatic heterocycles. The van der Waals surface area contributed by atoms with Gasteiger partial charge in [-0.25, -0.2) is 0 Å². The molecule has 2 aromatic rings. The van der Waals surface area contributed by atoms with E-state index in [0.717, 1.165) is 9.86 Å². The molecule has 1 aromatic carbocycles. The van der Waals surface area contributed by atoms with Crippen LogP contribution < -0.4 is 5.56 Å². The molecule has 0 fully saturated rings. The van der Waals surface area contributed by atoms with Gasteiger partial charge in [0.25, 0.3) is 5.56 Å². The topological polar surface area (TPSA) is 59.3 Å². The number of nitrogens with zero attached hydrogens (tertiary/aromatic N) is 1. The van der Waals surface area contributed by atoms with E-state index in [2.05, 4.69) is 15.9 Å². The second-order valence-electron chi connectivity index (χ2n) is 4.40. The second kappa shape index (κ2) is 6.02. The number of unbranched alkanes of at least 4 members (excludes halogenated alkanes) is 1. The number of carboxylic acid groups (broad SMARTS) is 1. The Morgan fingerprint density at radius 2 is 2.05 bits per heavy atom. The summed E-state index contributed by atoms with van der Waals surface area (Å²) in [6.45, 7) is 0.554. The lowest BCUT2D eigenvalue weighted by Crippen LogP contribution is -2.19. The van der Waals surface area contributed by atoms with Gasteiger partial charge in [-0.05, 0) is 42.5 Å². The Bertz CT molecular complexity index is 663. The lowest BCUT2D eigenvalue weighted by atomic mass is 10.1. The molecule has 100 valence electrons. The van der Waals surface area contributed by atoms with Crippen molar-refractivity contribution in [3.8, 4) is 0 Å². The van der Waals surface area contributed by atoms with Crippen LogP contribution >= 0.6 is 15.9 Å². The van der Waals surface area contributed by atoms with Crippen molar-refractivity contribution in [2.24, 2.45) is 0 Å². The van der Waals surface area contributed by atoms with Crippen LogP contribution in [0.25, 0.3) is 10.8 Å². The van der Waals surface area contributed by atoms with Crippen LogP contribution in [0.5, 0.6) is 0 Å². The van der Waals surface area contributed by atoms with Crippen LogP contribution in [0.4, 0.5) is 0 Å². The number of hydrogen-bond acceptors (Lipinski definition) is 2. The third-order valence-electron chi connectivity index (χ3n) is 2.98. The van der Waals surface area contributed by atoms with Crippen LogP contribution in [0.1, 0.15) is 19.3 Å². The van der Waals surface area contributed by atoms with Crippen molar-refractivity contribution < 1.29 is 9.90 Å². The van der Waals surface area contributed by atoms with Gasteiger partial charge in [0.15, 0.2) is 0 Å². The number of pyridine rings is 1. The summed E-state index contributed by atoms with van der Waals surface area (Å²) in [5.74, 6) is -0.796. The van der Waals surface area contributed by atoms with Crippen LogP contribution in [0, 0.1) is 0 Å². The average molecular weight is 324 g/mol. The molecule has 0 saturated heterocycles. The monoisotopic (exact) mass is 323 g/mol. The molecule has 0 aliphatic rings. The number of aryl methyl sites for hydroxylation is 1. The number of fused-ring (bicyclic) bond motifs is 1. The second-order valence-corrected chi connectivity index (χ2v) is 5.31. The van der Waals surface area contributed by atoms with Crippen LogP contribution in [0.2, 0.25) is 0 Å². The zero-order valence-corrected chi connectivity index (χ0v) is 11.9. The first kappa shape index (κ1) is 13.8. The number of rotatable bonds is 5. The maximum atomic E-state index is 12.2. The zero-order chi connectivity index (χ0) is 13.8. The van der Waals surface area contributed by atoms with Crippen molar-refractivity contribution in [3.63, 3.8) is 0 Å². The summed E-state index contributed by atoms with van der Waals surface area (Å²) in [5, 5.41) is 10.1. The van der Waals surface area contributed by atoms with Crippen molar-refractivity contribution in [2.45, 2.75) is 25.8 Å². The quantitative estimate of drug-likeness (QED) is 0.860. The Hall–Kier alpha value is -1.62. The molecule has 1 aromatic heterocycles. The van der Waals surface area contributed by atoms with E-state index >= 15 is 0 Å². The van der Waals surface area contributed by atoms with Crippen molar-refractivity contribution in [1.29, 1.82) is 0 Å². The third kappa shape index (κ3) is 3.44. The highest BCUT2D eigenvalue weighted by Gasteiger charge is 2.03. The first-order chi connectivity index (χ1) is 9.08. The van der Waals surface area contributed by atoms with E-state index in [1.54, 1.807) is 16.8 Å². The summed E-state index contributed by atoms with van der Waals surface area (Å²) in [6, 6.07) is 7.46. The van der Waals surface area contributed by atoms with Gasteiger partial charge in [0.1, 0.15) is 0 Å². The van der Waals surface area contributed by atoms with Gasteiger partial charge in [-0.15, -0.1) is 0 Å². The van der Waals surface area contributed by atoms with Gasteiger partial charge in [0.2, 0.25) is 0 Å². The Labute approximate surface area is 118 Å². The summed E-state index contributed by atoms with van der Waals surface area (Å²) < 4.78 is 2.58. The Balaban J connectivity index is 2.16. The van der Waals surface area contributed by atoms with Gasteiger partial charge in [-0.3, -0.25) is 9.59 Å². The minimum atomic E-state index is -0.796. The summed E-state index contributed by atoms with van der Waals surface area (Å²) in [4.78, 5) is 22.6. The molecule has 0 bridgehead atoms. The summed E-state index contributed by atoms with van der Waals surface area (Å²) >= 11 is 3.38. The van der Waals surface area contributed by atoms with E-state index in [9.17, 15) is 9.59 Å². The molecule has 0 aliphatic carbocycles. The Morgan fingerprint density at radius 1 is 1.26 bits per heavy atom. The fourth-order valence-electron chi connectivity index (χ4n) is 1.99. The predicted octanol–water partition coefficient (Wildman–Crippen LogP) is 3.02. The van der Waals surface area contributed by atoms with E-state index in [1.807, 2.05) is 18.2 Å². The van der Waals surface area contributed by atoms with Crippen molar-refractivity contribution in [3.05, 3.63) is 45.3 Å². The van der Waals surface area contributed by atoms with Crippen LogP contribution in [0.3, 0.4) is 0 Å². The maximum Gasteiger partial charge on any atom is 0.303 e. The van der Waals surface area contributed by atoms with Crippen molar-refractivity contribution >= 4 is 32.7 Å². The number of benzene rings is 1. The van der Waals surface area contributed by atoms with E-state index in [4.69, 9.17) is 5.11 Å². The van der Waals surface area contributed by atoms with Crippen LogP contribution in [0.15, 0.2) is 39.7 Å². The molecule has 1 N–H and O–H groups in total. The molecule has 0 saturated carbocycles. The molecule has 4 nitrogen and oxygen atoms in total. The summed E-state index contributed by atoms with van der Waals surface area (Å²) in [5.41, 5.74) is -0.0275. The minimum Gasteiger partial charge on any atom is -0.481 e. The molecule has 19 heavy (non-hydrogen) atoms. The smallest absolute Gasteiger partial charge is 0.303 e. The highest BCUT2D eigenvalue weighted by atomic mass is 79.9. The molecule has 0 atom stereocenters. The molecule has 0 spiro atoms. The lowest BCUT2D eigenvalue weighted by Gasteiger charge is -2.07. The average Bonchev–Trinajstić information content (AvgIpc) is 2.36. The summed E-state index contributed by atoms with van der Waals surface area (Å²) in [7, 11) is 0. The van der Waals surface area contributed by atoms with E-state index in [1.165, 1.54) is 0 Å². The molecule has 0 radical (unpaired) electrons. The molecule has 0 unspecified atom stereocenters. The molecule has 0 amide bonds. The van der Waals surface area contributed by atoms with Gasteiger partial charge in [0, 0.05) is 29.0 Å². The zero-order valence-electron chi connectivity index (χ0n) is 10.3. The molecular formula is C14H14BrNO3. The first-order valence-corrected chi connectivity index (χ1v) is 6.88. The number of aliphatic carboxylic acids is 1. The highest BCUT2D eigenvalue weighted by Crippen LogP contribution is 2.16. The SMILES string of the molecule is O=C(O)CCCCn1ccc2cc(Br)ccc2c1=O. The number of hydrogen-bond donors (Lipinski definition) is 1. The largest absolute Gasteiger partial charge is 0.481 e. The van der Waals surface area contributed by atoms with E-state index < -0.39 is 5.97 Å². The maximum absolute atomic E-state index is 12.2. The number of carbonyl (C=O) groups is 1. The van der Waals surface area contributed by atoms with E-state index in [-0.39, 0.29) is 12.0 Å². The standard InChI is InChI=1S/C14H14BrNO3/c15-11-4-5-12-10(9-11)6-8-16(14(12)19)7-2-1-3-13(17)18/h4-6,8-9H,1-3,7H2,(H,17,18). The number of carboxylic acids is 1. The van der Waals surface area contributed by atoms with Crippen molar-refractivity contribution in [2.75, 3.05) is 0 Å². The number of halogens is 1. The number of aromatic nitrogens is 1. The Kier molecular flexibility index (Phi) is 4.37. The van der Waals surface area contributed by atoms with Gasteiger partial charge in [-0.2, -0.15) is 0 Å². The fraction of sp³-hybridized carbons (Fsp3) is 0.286. The highest BCUT2D eigenvalue weighted by molar-refractivity contribution is 9.10. The van der Waals surface area contributed by atoms with Gasteiger partial charge >= 0.3 is 5.97 Å². The molecule has 2 rings (SSSR count). The van der Waals surface area contributed by atoms with Gasteiger partial charge in [-0.1, -0.05) is 15.9 Å². The molecule has 5 heteroatoms. The minimum absolute atomic E-state index is 0.0275. The predicted molar refractivity (Wildman–Crippen MR) is 77.4 cm³/mol. The van der Waals surface area contributed by atoms with Gasteiger partial charge < -0.3 is 9.67 Å². The normalized spacial score (nSPS) is 10.8. The first-order valence-electron chi connectivity index (χ1n) is 6.08. The lowest BCUT2D eigenvalue weighted by molar-refractivity contribution is -0.137. The molecular weight excluding hydrogens is 310 g/mol. The molecule has 1 heterocycles. The van der Waals surface area contributed by atoms with E-state index in [0.29, 0.717) is 24.8 Å².